The molecule has 0 radical (unpaired) electrons. The number of thioether (sulfide) groups is 1. The molecule has 0 amide bonds. The summed E-state index contributed by atoms with van der Waals surface area (Å²) >= 11 is 3.43. The summed E-state index contributed by atoms with van der Waals surface area (Å²) in [7, 11) is 0. The van der Waals surface area contributed by atoms with Crippen molar-refractivity contribution in [2.24, 2.45) is 0 Å². The second-order valence-corrected chi connectivity index (χ2v) is 5.58. The topological polar surface area (TPSA) is 20.2 Å². The zero-order valence-electron chi connectivity index (χ0n) is 8.17. The molecular formula is C12H12OS2. The van der Waals surface area contributed by atoms with Gasteiger partial charge in [-0.05, 0) is 17.0 Å². The maximum atomic E-state index is 9.36. The molecule has 0 saturated carbocycles. The lowest BCUT2D eigenvalue weighted by atomic mass is 10.2. The molecule has 1 aromatic carbocycles. The van der Waals surface area contributed by atoms with Crippen LogP contribution < -0.4 is 0 Å². The number of benzene rings is 1. The highest BCUT2D eigenvalue weighted by Crippen LogP contribution is 2.36. The van der Waals surface area contributed by atoms with Gasteiger partial charge in [-0.25, -0.2) is 0 Å². The maximum absolute atomic E-state index is 9.36. The van der Waals surface area contributed by atoms with Crippen molar-refractivity contribution in [3.8, 4) is 0 Å². The van der Waals surface area contributed by atoms with Gasteiger partial charge >= 0.3 is 0 Å². The normalized spacial score (nSPS) is 12.6. The zero-order chi connectivity index (χ0) is 10.5. The van der Waals surface area contributed by atoms with Crippen LogP contribution in [0.3, 0.4) is 0 Å². The molecule has 2 aromatic rings. The third-order valence-corrected chi connectivity index (χ3v) is 4.40. The third-order valence-electron chi connectivity index (χ3n) is 2.09. The van der Waals surface area contributed by atoms with Gasteiger partial charge in [0.15, 0.2) is 0 Å². The number of aliphatic hydroxyl groups is 1. The molecule has 0 aliphatic carbocycles. The zero-order valence-corrected chi connectivity index (χ0v) is 9.80. The van der Waals surface area contributed by atoms with Crippen LogP contribution in [0.4, 0.5) is 0 Å². The lowest BCUT2D eigenvalue weighted by molar-refractivity contribution is 0.296. The molecule has 1 unspecified atom stereocenters. The Morgan fingerprint density at radius 2 is 1.93 bits per heavy atom. The van der Waals surface area contributed by atoms with Crippen molar-refractivity contribution in [1.82, 2.24) is 0 Å². The van der Waals surface area contributed by atoms with Crippen molar-refractivity contribution in [2.75, 3.05) is 6.61 Å². The largest absolute Gasteiger partial charge is 0.395 e. The molecule has 3 heteroatoms. The van der Waals surface area contributed by atoms with Crippen LogP contribution in [0.5, 0.6) is 0 Å². The summed E-state index contributed by atoms with van der Waals surface area (Å²) in [6.07, 6.45) is 0. The van der Waals surface area contributed by atoms with Gasteiger partial charge in [0.05, 0.1) is 16.1 Å². The molecule has 1 aromatic heterocycles. The Kier molecular flexibility index (Phi) is 3.83. The molecule has 0 saturated heterocycles. The van der Waals surface area contributed by atoms with Crippen molar-refractivity contribution >= 4 is 23.1 Å². The highest BCUT2D eigenvalue weighted by atomic mass is 32.2. The molecule has 2 rings (SSSR count). The van der Waals surface area contributed by atoms with Crippen LogP contribution in [0.25, 0.3) is 0 Å². The number of thiophene rings is 1. The van der Waals surface area contributed by atoms with E-state index in [1.807, 2.05) is 24.3 Å². The van der Waals surface area contributed by atoms with Crippen molar-refractivity contribution in [3.05, 3.63) is 53.4 Å². The summed E-state index contributed by atoms with van der Waals surface area (Å²) in [6, 6.07) is 14.2. The Morgan fingerprint density at radius 1 is 1.13 bits per heavy atom. The summed E-state index contributed by atoms with van der Waals surface area (Å²) in [5, 5.41) is 11.6. The fraction of sp³-hybridized carbons (Fsp3) is 0.167. The molecule has 15 heavy (non-hydrogen) atoms. The van der Waals surface area contributed by atoms with Crippen molar-refractivity contribution < 1.29 is 5.11 Å². The Labute approximate surface area is 97.8 Å². The molecule has 1 nitrogen and oxygen atoms in total. The van der Waals surface area contributed by atoms with E-state index in [1.165, 1.54) is 9.77 Å². The fourth-order valence-corrected chi connectivity index (χ4v) is 3.34. The van der Waals surface area contributed by atoms with E-state index in [1.54, 1.807) is 23.1 Å². The highest BCUT2D eigenvalue weighted by molar-refractivity contribution is 8.01. The smallest absolute Gasteiger partial charge is 0.0605 e. The molecule has 0 fully saturated rings. The quantitative estimate of drug-likeness (QED) is 0.819. The minimum absolute atomic E-state index is 0.143. The van der Waals surface area contributed by atoms with Crippen LogP contribution >= 0.6 is 23.1 Å². The first-order valence-electron chi connectivity index (χ1n) is 4.76. The van der Waals surface area contributed by atoms with E-state index in [0.717, 1.165) is 0 Å². The second-order valence-electron chi connectivity index (χ2n) is 3.13. The lowest BCUT2D eigenvalue weighted by Crippen LogP contribution is -1.98. The van der Waals surface area contributed by atoms with Crippen LogP contribution in [0, 0.1) is 0 Å². The fourth-order valence-electron chi connectivity index (χ4n) is 1.35. The average molecular weight is 236 g/mol. The first-order chi connectivity index (χ1) is 7.40. The van der Waals surface area contributed by atoms with Crippen LogP contribution in [0.15, 0.2) is 52.1 Å². The summed E-state index contributed by atoms with van der Waals surface area (Å²) < 4.78 is 1.25. The number of hydrogen-bond acceptors (Lipinski definition) is 3. The van der Waals surface area contributed by atoms with Gasteiger partial charge in [0.2, 0.25) is 0 Å². The standard InChI is InChI=1S/C12H12OS2/c13-9-11(10-5-2-1-3-6-10)15-12-7-4-8-14-12/h1-8,11,13H,9H2. The van der Waals surface area contributed by atoms with Crippen molar-refractivity contribution in [2.45, 2.75) is 9.46 Å². The third kappa shape index (κ3) is 2.84. The molecule has 0 aliphatic heterocycles. The summed E-state index contributed by atoms with van der Waals surface area (Å²) in [6.45, 7) is 0.173. The Balaban J connectivity index is 2.12. The van der Waals surface area contributed by atoms with Gasteiger partial charge in [0.1, 0.15) is 0 Å². The Hall–Kier alpha value is -0.770. The molecule has 1 heterocycles. The van der Waals surface area contributed by atoms with Gasteiger partial charge in [0, 0.05) is 0 Å². The molecule has 0 spiro atoms. The lowest BCUT2D eigenvalue weighted by Gasteiger charge is -2.12. The van der Waals surface area contributed by atoms with E-state index < -0.39 is 0 Å². The van der Waals surface area contributed by atoms with Gasteiger partial charge in [-0.2, -0.15) is 0 Å². The first kappa shape index (κ1) is 10.7. The van der Waals surface area contributed by atoms with Crippen molar-refractivity contribution in [3.63, 3.8) is 0 Å². The SMILES string of the molecule is OCC(Sc1cccs1)c1ccccc1. The predicted octanol–water partition coefficient (Wildman–Crippen LogP) is 3.57. The van der Waals surface area contributed by atoms with Gasteiger partial charge in [-0.15, -0.1) is 23.1 Å². The van der Waals surface area contributed by atoms with Gasteiger partial charge in [-0.3, -0.25) is 0 Å². The first-order valence-corrected chi connectivity index (χ1v) is 6.52. The monoisotopic (exact) mass is 236 g/mol. The predicted molar refractivity (Wildman–Crippen MR) is 66.4 cm³/mol. The molecular weight excluding hydrogens is 224 g/mol. The van der Waals surface area contributed by atoms with Crippen LogP contribution in [-0.2, 0) is 0 Å². The maximum Gasteiger partial charge on any atom is 0.0605 e. The van der Waals surface area contributed by atoms with E-state index >= 15 is 0 Å². The van der Waals surface area contributed by atoms with Gasteiger partial charge < -0.3 is 5.11 Å². The minimum Gasteiger partial charge on any atom is -0.395 e. The molecule has 1 atom stereocenters. The number of hydrogen-bond donors (Lipinski definition) is 1. The second kappa shape index (κ2) is 5.35. The van der Waals surface area contributed by atoms with E-state index in [-0.39, 0.29) is 11.9 Å². The summed E-state index contributed by atoms with van der Waals surface area (Å²) in [4.78, 5) is 0. The number of aliphatic hydroxyl groups excluding tert-OH is 1. The van der Waals surface area contributed by atoms with Crippen LogP contribution in [-0.4, -0.2) is 11.7 Å². The van der Waals surface area contributed by atoms with Crippen LogP contribution in [0.2, 0.25) is 0 Å². The van der Waals surface area contributed by atoms with E-state index in [2.05, 4.69) is 23.6 Å². The van der Waals surface area contributed by atoms with Gasteiger partial charge in [0.25, 0.3) is 0 Å². The highest BCUT2D eigenvalue weighted by Gasteiger charge is 2.11. The number of rotatable bonds is 4. The molecule has 0 aliphatic rings. The molecule has 1 N–H and O–H groups in total. The average Bonchev–Trinajstić information content (AvgIpc) is 2.80. The summed E-state index contributed by atoms with van der Waals surface area (Å²) in [5.41, 5.74) is 1.18. The van der Waals surface area contributed by atoms with E-state index in [4.69, 9.17) is 0 Å². The Morgan fingerprint density at radius 3 is 2.53 bits per heavy atom. The molecule has 0 bridgehead atoms. The minimum atomic E-state index is 0.143. The Bertz CT molecular complexity index is 383. The van der Waals surface area contributed by atoms with Crippen molar-refractivity contribution in [1.29, 1.82) is 0 Å². The molecule has 78 valence electrons. The van der Waals surface area contributed by atoms with Crippen LogP contribution in [0.1, 0.15) is 10.8 Å². The van der Waals surface area contributed by atoms with E-state index in [0.29, 0.717) is 0 Å². The van der Waals surface area contributed by atoms with E-state index in [9.17, 15) is 5.11 Å². The van der Waals surface area contributed by atoms with Gasteiger partial charge in [-0.1, -0.05) is 36.4 Å². The summed E-state index contributed by atoms with van der Waals surface area (Å²) in [5.74, 6) is 0.